The van der Waals surface area contributed by atoms with Crippen molar-refractivity contribution in [3.63, 3.8) is 0 Å². The second kappa shape index (κ2) is 9.34. The SMILES string of the molecule is CC(=O)OC[C@@]12C([C@H](OC(=O)c3ccccc3)[C@]34C[C@H](O)C(C)=C3[C@@]1(O)C(=O)OC4(C)C)[C@]1(OC(C)=O)CO[C@@H]1C[C@@H]2O. The number of ether oxygens (including phenoxy) is 5. The Labute approximate surface area is 247 Å². The highest BCUT2D eigenvalue weighted by Gasteiger charge is 2.89. The minimum atomic E-state index is -2.69. The number of hydrogen-bond donors (Lipinski definition) is 3. The molecule has 2 saturated heterocycles. The van der Waals surface area contributed by atoms with Gasteiger partial charge in [0, 0.05) is 20.3 Å². The Bertz CT molecular complexity index is 1440. The van der Waals surface area contributed by atoms with E-state index in [1.807, 2.05) is 0 Å². The van der Waals surface area contributed by atoms with Crippen LogP contribution in [0, 0.1) is 16.7 Å². The topological polar surface area (TPSA) is 175 Å². The van der Waals surface area contributed by atoms with Gasteiger partial charge in [0.25, 0.3) is 0 Å². The van der Waals surface area contributed by atoms with Gasteiger partial charge >= 0.3 is 23.9 Å². The van der Waals surface area contributed by atoms with Crippen molar-refractivity contribution in [3.8, 4) is 0 Å². The summed E-state index contributed by atoms with van der Waals surface area (Å²) in [4.78, 5) is 53.0. The van der Waals surface area contributed by atoms with Crippen LogP contribution in [0.5, 0.6) is 0 Å². The number of carbonyl (C=O) groups is 4. The Balaban J connectivity index is 1.71. The predicted octanol–water partition coefficient (Wildman–Crippen LogP) is 0.991. The fourth-order valence-electron chi connectivity index (χ4n) is 8.88. The Morgan fingerprint density at radius 3 is 2.33 bits per heavy atom. The normalized spacial score (nSPS) is 42.0. The van der Waals surface area contributed by atoms with Crippen molar-refractivity contribution in [3.05, 3.63) is 47.0 Å². The van der Waals surface area contributed by atoms with E-state index in [9.17, 15) is 34.5 Å². The van der Waals surface area contributed by atoms with Crippen LogP contribution in [0.25, 0.3) is 0 Å². The van der Waals surface area contributed by atoms with Crippen molar-refractivity contribution in [1.29, 1.82) is 0 Å². The summed E-state index contributed by atoms with van der Waals surface area (Å²) >= 11 is 0. The van der Waals surface area contributed by atoms with E-state index in [0.717, 1.165) is 6.92 Å². The molecule has 3 aliphatic carbocycles. The highest BCUT2D eigenvalue weighted by Crippen LogP contribution is 2.75. The zero-order valence-electron chi connectivity index (χ0n) is 24.6. The van der Waals surface area contributed by atoms with Gasteiger partial charge in [-0.1, -0.05) is 18.2 Å². The van der Waals surface area contributed by atoms with E-state index < -0.39 is 88.5 Å². The summed E-state index contributed by atoms with van der Waals surface area (Å²) in [7, 11) is 0. The molecule has 1 unspecified atom stereocenters. The van der Waals surface area contributed by atoms with Crippen molar-refractivity contribution in [2.45, 2.75) is 88.7 Å². The summed E-state index contributed by atoms with van der Waals surface area (Å²) in [5.41, 5.74) is -9.03. The quantitative estimate of drug-likeness (QED) is 0.249. The Hall–Kier alpha value is -3.32. The van der Waals surface area contributed by atoms with Crippen LogP contribution in [0.1, 0.15) is 57.8 Å². The zero-order chi connectivity index (χ0) is 31.3. The number of esters is 4. The van der Waals surface area contributed by atoms with E-state index in [0.29, 0.717) is 0 Å². The monoisotopic (exact) mass is 600 g/mol. The molecule has 2 saturated carbocycles. The molecular weight excluding hydrogens is 564 g/mol. The van der Waals surface area contributed by atoms with Gasteiger partial charge in [-0.05, 0) is 50.5 Å². The summed E-state index contributed by atoms with van der Waals surface area (Å²) in [5.74, 6) is -4.74. The first-order valence-corrected chi connectivity index (χ1v) is 14.3. The van der Waals surface area contributed by atoms with E-state index in [2.05, 4.69) is 0 Å². The maximum absolute atomic E-state index is 14.2. The number of benzene rings is 1. The van der Waals surface area contributed by atoms with Crippen LogP contribution >= 0.6 is 0 Å². The highest BCUT2D eigenvalue weighted by atomic mass is 16.6. The van der Waals surface area contributed by atoms with Crippen molar-refractivity contribution >= 4 is 23.9 Å². The van der Waals surface area contributed by atoms with Gasteiger partial charge in [-0.2, -0.15) is 0 Å². The van der Waals surface area contributed by atoms with Crippen molar-refractivity contribution in [1.82, 2.24) is 0 Å². The number of carbonyl (C=O) groups excluding carboxylic acids is 4. The first-order chi connectivity index (χ1) is 20.1. The lowest BCUT2D eigenvalue weighted by Crippen LogP contribution is -2.89. The number of aliphatic hydroxyl groups is 3. The molecule has 9 atom stereocenters. The molecular formula is C31H36O12. The van der Waals surface area contributed by atoms with Crippen LogP contribution in [-0.4, -0.2) is 93.6 Å². The van der Waals surface area contributed by atoms with Gasteiger partial charge in [0.05, 0.1) is 41.1 Å². The van der Waals surface area contributed by atoms with E-state index in [-0.39, 0.29) is 36.2 Å². The van der Waals surface area contributed by atoms with E-state index >= 15 is 0 Å². The number of fused-ring (bicyclic) bond motifs is 4. The number of cyclic esters (lactones) is 1. The average molecular weight is 601 g/mol. The molecule has 232 valence electrons. The van der Waals surface area contributed by atoms with Crippen LogP contribution in [0.15, 0.2) is 41.5 Å². The Morgan fingerprint density at radius 1 is 1.07 bits per heavy atom. The molecule has 0 aromatic heterocycles. The van der Waals surface area contributed by atoms with Crippen LogP contribution in [0.3, 0.4) is 0 Å². The van der Waals surface area contributed by atoms with E-state index in [1.165, 1.54) is 6.92 Å². The van der Waals surface area contributed by atoms with Gasteiger partial charge in [-0.25, -0.2) is 9.59 Å². The standard InChI is InChI=1S/C31H36O12/c1-15-19(34)12-28-22(15)31(38,26(37)43-27(28,4)5)29(13-39-16(2)32)20(35)11-21-30(14-40-21,42-17(3)33)23(29)24(28)41-25(36)18-9-7-6-8-10-18/h6-10,19-21,23-24,34-35,38H,11-14H2,1-5H3/t19-,20-,21+,23?,24-,28-,29+,30-,31+/m0/s1. The summed E-state index contributed by atoms with van der Waals surface area (Å²) in [5, 5.41) is 36.3. The van der Waals surface area contributed by atoms with Gasteiger partial charge in [0.15, 0.2) is 11.2 Å². The molecule has 6 rings (SSSR count). The molecule has 0 spiro atoms. The lowest BCUT2D eigenvalue weighted by Gasteiger charge is -2.74. The lowest BCUT2D eigenvalue weighted by atomic mass is 9.37. The summed E-state index contributed by atoms with van der Waals surface area (Å²) in [6.07, 6.45) is -5.44. The second-order valence-corrected chi connectivity index (χ2v) is 12.9. The van der Waals surface area contributed by atoms with Gasteiger partial charge in [0.1, 0.15) is 24.4 Å². The number of hydrogen-bond acceptors (Lipinski definition) is 12. The van der Waals surface area contributed by atoms with Gasteiger partial charge in [-0.15, -0.1) is 0 Å². The first-order valence-electron chi connectivity index (χ1n) is 14.3. The molecule has 0 radical (unpaired) electrons. The molecule has 0 amide bonds. The molecule has 1 aromatic rings. The van der Waals surface area contributed by atoms with Gasteiger partial charge < -0.3 is 39.0 Å². The zero-order valence-corrected chi connectivity index (χ0v) is 24.6. The second-order valence-electron chi connectivity index (χ2n) is 12.9. The maximum Gasteiger partial charge on any atom is 0.343 e. The van der Waals surface area contributed by atoms with Crippen molar-refractivity contribution < 1.29 is 58.2 Å². The van der Waals surface area contributed by atoms with Crippen molar-refractivity contribution in [2.75, 3.05) is 13.2 Å². The van der Waals surface area contributed by atoms with Crippen LogP contribution < -0.4 is 0 Å². The number of aliphatic hydroxyl groups excluding tert-OH is 2. The van der Waals surface area contributed by atoms with Gasteiger partial charge in [-0.3, -0.25) is 9.59 Å². The molecule has 2 aliphatic heterocycles. The Morgan fingerprint density at radius 2 is 1.74 bits per heavy atom. The largest absolute Gasteiger partial charge is 0.465 e. The molecule has 12 heteroatoms. The van der Waals surface area contributed by atoms with Crippen LogP contribution in [0.4, 0.5) is 0 Å². The number of rotatable bonds is 5. The molecule has 2 heterocycles. The highest BCUT2D eigenvalue weighted by molar-refractivity contribution is 5.92. The molecule has 5 aliphatic rings. The molecule has 43 heavy (non-hydrogen) atoms. The van der Waals surface area contributed by atoms with Crippen LogP contribution in [0.2, 0.25) is 0 Å². The third-order valence-electron chi connectivity index (χ3n) is 10.7. The summed E-state index contributed by atoms with van der Waals surface area (Å²) < 4.78 is 29.7. The van der Waals surface area contributed by atoms with E-state index in [4.69, 9.17) is 23.7 Å². The Kier molecular flexibility index (Phi) is 6.46. The summed E-state index contributed by atoms with van der Waals surface area (Å²) in [6, 6.07) is 8.14. The lowest BCUT2D eigenvalue weighted by molar-refractivity contribution is -0.388. The average Bonchev–Trinajstić information content (AvgIpc) is 3.21. The fraction of sp³-hybridized carbons (Fsp3) is 0.613. The smallest absolute Gasteiger partial charge is 0.343 e. The minimum absolute atomic E-state index is 0.0405. The molecule has 3 N–H and O–H groups in total. The fourth-order valence-corrected chi connectivity index (χ4v) is 8.88. The van der Waals surface area contributed by atoms with E-state index in [1.54, 1.807) is 51.1 Å². The molecule has 4 fully saturated rings. The predicted molar refractivity (Wildman–Crippen MR) is 144 cm³/mol. The third-order valence-corrected chi connectivity index (χ3v) is 10.7. The molecule has 12 nitrogen and oxygen atoms in total. The summed E-state index contributed by atoms with van der Waals surface area (Å²) in [6.45, 7) is 6.15. The maximum atomic E-state index is 14.2. The first kappa shape index (κ1) is 29.7. The third kappa shape index (κ3) is 3.51. The van der Waals surface area contributed by atoms with Gasteiger partial charge in [0.2, 0.25) is 0 Å². The van der Waals surface area contributed by atoms with Crippen molar-refractivity contribution in [2.24, 2.45) is 16.7 Å². The molecule has 1 aromatic carbocycles. The minimum Gasteiger partial charge on any atom is -0.465 e. The molecule has 2 bridgehead atoms. The van der Waals surface area contributed by atoms with Crippen LogP contribution in [-0.2, 0) is 38.1 Å².